The van der Waals surface area contributed by atoms with E-state index in [4.69, 9.17) is 18.8 Å². The molecule has 0 radical (unpaired) electrons. The maximum atomic E-state index is 13.4. The fourth-order valence-electron chi connectivity index (χ4n) is 2.75. The number of hydrogen-bond donors (Lipinski definition) is 1. The van der Waals surface area contributed by atoms with Crippen LogP contribution in [-0.4, -0.2) is 43.2 Å². The van der Waals surface area contributed by atoms with Gasteiger partial charge in [-0.15, -0.1) is 0 Å². The van der Waals surface area contributed by atoms with Crippen molar-refractivity contribution in [3.8, 4) is 5.75 Å². The highest BCUT2D eigenvalue weighted by atomic mass is 19.4. The van der Waals surface area contributed by atoms with E-state index in [1.807, 2.05) is 27.7 Å². The molecule has 1 aliphatic rings. The predicted octanol–water partition coefficient (Wildman–Crippen LogP) is 4.30. The Labute approximate surface area is 181 Å². The van der Waals surface area contributed by atoms with E-state index in [0.717, 1.165) is 12.1 Å². The molecule has 6 nitrogen and oxygen atoms in total. The van der Waals surface area contributed by atoms with Crippen molar-refractivity contribution in [1.82, 2.24) is 5.32 Å². The SMILES string of the molecule is CC(C)(C)OC(=O)NCCCOc1cc(B2OC(C)(C)C(C)(C)O2)cc(C(F)(F)F)c1. The third-order valence-corrected chi connectivity index (χ3v) is 5.04. The molecule has 1 N–H and O–H groups in total. The van der Waals surface area contributed by atoms with Gasteiger partial charge >= 0.3 is 19.4 Å². The molecule has 0 aromatic heterocycles. The number of rotatable bonds is 6. The van der Waals surface area contributed by atoms with Crippen molar-refractivity contribution in [2.75, 3.05) is 13.2 Å². The Morgan fingerprint density at radius 1 is 1.06 bits per heavy atom. The standard InChI is InChI=1S/C21H31BF3NO5/c1-18(2,3)29-17(27)26-9-8-10-28-16-12-14(21(23,24)25)11-15(13-16)22-30-19(4,5)20(6,7)31-22/h11-13H,8-10H2,1-7H3,(H,26,27). The first-order valence-corrected chi connectivity index (χ1v) is 10.2. The van der Waals surface area contributed by atoms with Gasteiger partial charge in [-0.3, -0.25) is 0 Å². The number of carbonyl (C=O) groups excluding carboxylic acids is 1. The number of alkyl halides is 3. The molecule has 10 heteroatoms. The molecule has 1 fully saturated rings. The number of halogens is 3. The summed E-state index contributed by atoms with van der Waals surface area (Å²) in [6.45, 7) is 12.9. The van der Waals surface area contributed by atoms with Crippen molar-refractivity contribution in [2.24, 2.45) is 0 Å². The highest BCUT2D eigenvalue weighted by Gasteiger charge is 2.52. The maximum absolute atomic E-state index is 13.4. The number of alkyl carbamates (subject to hydrolysis) is 1. The van der Waals surface area contributed by atoms with E-state index in [-0.39, 0.29) is 24.4 Å². The lowest BCUT2D eigenvalue weighted by Crippen LogP contribution is -2.41. The Morgan fingerprint density at radius 2 is 1.65 bits per heavy atom. The normalized spacial score (nSPS) is 18.1. The summed E-state index contributed by atoms with van der Waals surface area (Å²) in [5, 5.41) is 2.57. The van der Waals surface area contributed by atoms with Crippen LogP contribution in [0.25, 0.3) is 0 Å². The second kappa shape index (κ2) is 8.90. The van der Waals surface area contributed by atoms with Gasteiger partial charge in [0.1, 0.15) is 11.4 Å². The summed E-state index contributed by atoms with van der Waals surface area (Å²) in [6, 6.07) is 3.44. The van der Waals surface area contributed by atoms with Crippen LogP contribution in [0.3, 0.4) is 0 Å². The van der Waals surface area contributed by atoms with E-state index in [0.29, 0.717) is 6.42 Å². The van der Waals surface area contributed by atoms with E-state index < -0.39 is 41.8 Å². The summed E-state index contributed by atoms with van der Waals surface area (Å²) >= 11 is 0. The van der Waals surface area contributed by atoms with E-state index in [1.54, 1.807) is 20.8 Å². The first-order chi connectivity index (χ1) is 14.0. The first-order valence-electron chi connectivity index (χ1n) is 10.2. The van der Waals surface area contributed by atoms with Crippen LogP contribution in [0.1, 0.15) is 60.5 Å². The van der Waals surface area contributed by atoms with Crippen LogP contribution in [0.4, 0.5) is 18.0 Å². The van der Waals surface area contributed by atoms with Crippen molar-refractivity contribution in [3.05, 3.63) is 23.8 Å². The van der Waals surface area contributed by atoms with Gasteiger partial charge in [0.15, 0.2) is 0 Å². The quantitative estimate of drug-likeness (QED) is 0.523. The fraction of sp³-hybridized carbons (Fsp3) is 0.667. The van der Waals surface area contributed by atoms with Crippen molar-refractivity contribution >= 4 is 18.7 Å². The molecule has 0 saturated carbocycles. The third kappa shape index (κ3) is 7.03. The molecule has 0 unspecified atom stereocenters. The molecule has 0 aliphatic carbocycles. The minimum Gasteiger partial charge on any atom is -0.494 e. The number of carbonyl (C=O) groups is 1. The average molecular weight is 445 g/mol. The van der Waals surface area contributed by atoms with Gasteiger partial charge in [0.25, 0.3) is 0 Å². The van der Waals surface area contributed by atoms with Crippen LogP contribution in [0, 0.1) is 0 Å². The average Bonchev–Trinajstić information content (AvgIpc) is 2.80. The summed E-state index contributed by atoms with van der Waals surface area (Å²) in [7, 11) is -0.941. The van der Waals surface area contributed by atoms with Gasteiger partial charge in [-0.2, -0.15) is 13.2 Å². The van der Waals surface area contributed by atoms with Gasteiger partial charge in [0, 0.05) is 6.54 Å². The molecule has 31 heavy (non-hydrogen) atoms. The molecule has 1 aliphatic heterocycles. The van der Waals surface area contributed by atoms with E-state index in [2.05, 4.69) is 5.32 Å². The molecule has 1 saturated heterocycles. The van der Waals surface area contributed by atoms with Gasteiger partial charge in [0.05, 0.1) is 23.4 Å². The van der Waals surface area contributed by atoms with Gasteiger partial charge in [-0.25, -0.2) is 4.79 Å². The van der Waals surface area contributed by atoms with Crippen LogP contribution in [0.2, 0.25) is 0 Å². The zero-order valence-electron chi connectivity index (χ0n) is 19.1. The number of benzene rings is 1. The van der Waals surface area contributed by atoms with Crippen LogP contribution in [0.5, 0.6) is 5.75 Å². The lowest BCUT2D eigenvalue weighted by atomic mass is 9.78. The molecule has 1 aromatic rings. The summed E-state index contributed by atoms with van der Waals surface area (Å²) in [4.78, 5) is 11.6. The molecule has 1 heterocycles. The fourth-order valence-corrected chi connectivity index (χ4v) is 2.75. The van der Waals surface area contributed by atoms with Crippen molar-refractivity contribution < 1.29 is 36.7 Å². The number of ether oxygens (including phenoxy) is 2. The van der Waals surface area contributed by atoms with Crippen LogP contribution in [0.15, 0.2) is 18.2 Å². The summed E-state index contributed by atoms with van der Waals surface area (Å²) in [6.07, 6.45) is -4.72. The zero-order chi connectivity index (χ0) is 23.7. The smallest absolute Gasteiger partial charge is 0.494 e. The molecule has 1 aromatic carbocycles. The summed E-state index contributed by atoms with van der Waals surface area (Å²) < 4.78 is 62.6. The molecule has 2 rings (SSSR count). The minimum atomic E-state index is -4.55. The van der Waals surface area contributed by atoms with Crippen molar-refractivity contribution in [2.45, 2.75) is 77.9 Å². The molecule has 174 valence electrons. The predicted molar refractivity (Wildman–Crippen MR) is 112 cm³/mol. The van der Waals surface area contributed by atoms with Crippen molar-refractivity contribution in [3.63, 3.8) is 0 Å². The van der Waals surface area contributed by atoms with Gasteiger partial charge < -0.3 is 24.1 Å². The largest absolute Gasteiger partial charge is 0.494 e. The number of nitrogens with one attached hydrogen (secondary N) is 1. The summed E-state index contributed by atoms with van der Waals surface area (Å²) in [5.41, 5.74) is -2.58. The second-order valence-corrected chi connectivity index (χ2v) is 9.51. The lowest BCUT2D eigenvalue weighted by Gasteiger charge is -2.32. The second-order valence-electron chi connectivity index (χ2n) is 9.51. The number of amides is 1. The van der Waals surface area contributed by atoms with Crippen LogP contribution in [-0.2, 0) is 20.2 Å². The van der Waals surface area contributed by atoms with Crippen LogP contribution < -0.4 is 15.5 Å². The molecule has 1 amide bonds. The molecule has 0 spiro atoms. The van der Waals surface area contributed by atoms with E-state index in [9.17, 15) is 18.0 Å². The van der Waals surface area contributed by atoms with Crippen molar-refractivity contribution in [1.29, 1.82) is 0 Å². The first kappa shape index (κ1) is 25.3. The Morgan fingerprint density at radius 3 is 2.16 bits per heavy atom. The summed E-state index contributed by atoms with van der Waals surface area (Å²) in [5.74, 6) is 0.0526. The Balaban J connectivity index is 2.04. The topological polar surface area (TPSA) is 66.0 Å². The highest BCUT2D eigenvalue weighted by molar-refractivity contribution is 6.62. The number of hydrogen-bond acceptors (Lipinski definition) is 5. The lowest BCUT2D eigenvalue weighted by molar-refractivity contribution is -0.137. The molecule has 0 atom stereocenters. The van der Waals surface area contributed by atoms with Gasteiger partial charge in [-0.05, 0) is 78.5 Å². The Hall–Kier alpha value is -1.94. The Bertz CT molecular complexity index is 774. The third-order valence-electron chi connectivity index (χ3n) is 5.04. The van der Waals surface area contributed by atoms with Gasteiger partial charge in [-0.1, -0.05) is 0 Å². The highest BCUT2D eigenvalue weighted by Crippen LogP contribution is 2.37. The molecular formula is C21H31BF3NO5. The maximum Gasteiger partial charge on any atom is 0.494 e. The molecular weight excluding hydrogens is 414 g/mol. The van der Waals surface area contributed by atoms with E-state index >= 15 is 0 Å². The zero-order valence-corrected chi connectivity index (χ0v) is 19.1. The minimum absolute atomic E-state index is 0.0526. The monoisotopic (exact) mass is 445 g/mol. The van der Waals surface area contributed by atoms with Crippen LogP contribution >= 0.6 is 0 Å². The molecule has 0 bridgehead atoms. The Kier molecular flexibility index (Phi) is 7.27. The van der Waals surface area contributed by atoms with Gasteiger partial charge in [0.2, 0.25) is 0 Å². The van der Waals surface area contributed by atoms with E-state index in [1.165, 1.54) is 6.07 Å².